The molecule has 1 atom stereocenters. The Morgan fingerprint density at radius 2 is 1.44 bits per heavy atom. The summed E-state index contributed by atoms with van der Waals surface area (Å²) >= 11 is 0. The topological polar surface area (TPSA) is 69.7 Å². The van der Waals surface area contributed by atoms with Gasteiger partial charge in [-0.1, -0.05) is 52.4 Å². The number of esters is 2. The average Bonchev–Trinajstić information content (AvgIpc) is 2.89. The zero-order valence-corrected chi connectivity index (χ0v) is 15.9. The van der Waals surface area contributed by atoms with Gasteiger partial charge >= 0.3 is 11.9 Å². The van der Waals surface area contributed by atoms with Crippen LogP contribution in [0.3, 0.4) is 0 Å². The molecule has 0 heterocycles. The van der Waals surface area contributed by atoms with Gasteiger partial charge in [-0.15, -0.1) is 0 Å². The minimum Gasteiger partial charge on any atom is -0.466 e. The third-order valence-electron chi connectivity index (χ3n) is 4.76. The molecule has 0 aromatic heterocycles. The number of carbonyl (C=O) groups is 3. The first-order valence-electron chi connectivity index (χ1n) is 9.96. The maximum absolute atomic E-state index is 12.9. The van der Waals surface area contributed by atoms with Crippen LogP contribution in [-0.2, 0) is 23.9 Å². The molecule has 5 nitrogen and oxygen atoms in total. The van der Waals surface area contributed by atoms with E-state index in [0.717, 1.165) is 64.2 Å². The first kappa shape index (κ1) is 21.7. The van der Waals surface area contributed by atoms with Gasteiger partial charge in [0.15, 0.2) is 5.78 Å². The van der Waals surface area contributed by atoms with Crippen molar-refractivity contribution in [3.05, 3.63) is 0 Å². The number of carbonyl (C=O) groups excluding carboxylic acids is 3. The predicted octanol–water partition coefficient (Wildman–Crippen LogP) is 4.22. The summed E-state index contributed by atoms with van der Waals surface area (Å²) < 4.78 is 10.4. The van der Waals surface area contributed by atoms with Gasteiger partial charge in [0.2, 0.25) is 0 Å². The van der Waals surface area contributed by atoms with Gasteiger partial charge in [-0.25, -0.2) is 0 Å². The van der Waals surface area contributed by atoms with Crippen molar-refractivity contribution in [1.82, 2.24) is 0 Å². The predicted molar refractivity (Wildman–Crippen MR) is 96.0 cm³/mol. The number of unbranched alkanes of at least 4 members (excludes halogenated alkanes) is 2. The van der Waals surface area contributed by atoms with Crippen LogP contribution >= 0.6 is 0 Å². The second kappa shape index (κ2) is 12.9. The molecular formula is C20H34O5. The minimum absolute atomic E-state index is 0.129. The van der Waals surface area contributed by atoms with Crippen LogP contribution in [0, 0.1) is 11.8 Å². The van der Waals surface area contributed by atoms with Crippen molar-refractivity contribution in [2.24, 2.45) is 11.8 Å². The van der Waals surface area contributed by atoms with Crippen LogP contribution < -0.4 is 0 Å². The second-order valence-corrected chi connectivity index (χ2v) is 6.94. The fraction of sp³-hybridized carbons (Fsp3) is 0.850. The van der Waals surface area contributed by atoms with E-state index >= 15 is 0 Å². The summed E-state index contributed by atoms with van der Waals surface area (Å²) in [5, 5.41) is 0. The SMILES string of the molecule is CCCCOC(=O)CC(C(=O)OCCCC)C(=O)C1CCCCCC1. The van der Waals surface area contributed by atoms with Crippen LogP contribution in [0.15, 0.2) is 0 Å². The zero-order valence-electron chi connectivity index (χ0n) is 15.9. The summed E-state index contributed by atoms with van der Waals surface area (Å²) in [5.74, 6) is -2.30. The standard InChI is InChI=1S/C20H34O5/c1-3-5-13-24-18(21)15-17(20(23)25-14-6-4-2)19(22)16-11-9-7-8-10-12-16/h16-17H,3-15H2,1-2H3. The molecule has 25 heavy (non-hydrogen) atoms. The summed E-state index contributed by atoms with van der Waals surface area (Å²) in [6.45, 7) is 4.66. The Morgan fingerprint density at radius 3 is 2.00 bits per heavy atom. The lowest BCUT2D eigenvalue weighted by atomic mass is 9.86. The van der Waals surface area contributed by atoms with E-state index in [9.17, 15) is 14.4 Å². The maximum atomic E-state index is 12.9. The van der Waals surface area contributed by atoms with E-state index in [1.54, 1.807) is 0 Å². The molecule has 144 valence electrons. The van der Waals surface area contributed by atoms with Gasteiger partial charge in [-0.2, -0.15) is 0 Å². The van der Waals surface area contributed by atoms with Crippen LogP contribution in [0.25, 0.3) is 0 Å². The maximum Gasteiger partial charge on any atom is 0.317 e. The Labute approximate surface area is 151 Å². The highest BCUT2D eigenvalue weighted by Gasteiger charge is 2.35. The average molecular weight is 354 g/mol. The molecule has 5 heteroatoms. The van der Waals surface area contributed by atoms with Crippen molar-refractivity contribution >= 4 is 17.7 Å². The van der Waals surface area contributed by atoms with E-state index < -0.39 is 17.9 Å². The first-order chi connectivity index (χ1) is 12.1. The van der Waals surface area contributed by atoms with Crippen molar-refractivity contribution in [3.8, 4) is 0 Å². The Kier molecular flexibility index (Phi) is 11.2. The van der Waals surface area contributed by atoms with Crippen LogP contribution in [0.1, 0.15) is 84.5 Å². The summed E-state index contributed by atoms with van der Waals surface area (Å²) in [5.41, 5.74) is 0. The molecule has 0 saturated heterocycles. The Balaban J connectivity index is 2.69. The van der Waals surface area contributed by atoms with E-state index in [-0.39, 0.29) is 18.1 Å². The first-order valence-corrected chi connectivity index (χ1v) is 9.96. The van der Waals surface area contributed by atoms with E-state index in [1.807, 2.05) is 13.8 Å². The Bertz CT molecular complexity index is 410. The summed E-state index contributed by atoms with van der Waals surface area (Å²) in [6, 6.07) is 0. The highest BCUT2D eigenvalue weighted by atomic mass is 16.5. The second-order valence-electron chi connectivity index (χ2n) is 6.94. The molecule has 0 bridgehead atoms. The smallest absolute Gasteiger partial charge is 0.317 e. The molecule has 1 aliphatic rings. The van der Waals surface area contributed by atoms with Gasteiger partial charge in [0, 0.05) is 5.92 Å². The number of Topliss-reactive ketones (excluding diaryl/α,β-unsaturated/α-hetero) is 1. The van der Waals surface area contributed by atoms with Gasteiger partial charge in [-0.3, -0.25) is 14.4 Å². The molecule has 0 N–H and O–H groups in total. The van der Waals surface area contributed by atoms with Gasteiger partial charge in [-0.05, 0) is 25.7 Å². The van der Waals surface area contributed by atoms with E-state index in [2.05, 4.69) is 0 Å². The Hall–Kier alpha value is -1.39. The van der Waals surface area contributed by atoms with Gasteiger partial charge in [0.25, 0.3) is 0 Å². The molecule has 1 saturated carbocycles. The van der Waals surface area contributed by atoms with Gasteiger partial charge in [0.1, 0.15) is 5.92 Å². The van der Waals surface area contributed by atoms with Crippen molar-refractivity contribution < 1.29 is 23.9 Å². The lowest BCUT2D eigenvalue weighted by molar-refractivity contribution is -0.159. The molecule has 1 rings (SSSR count). The van der Waals surface area contributed by atoms with Gasteiger partial charge in [0.05, 0.1) is 19.6 Å². The van der Waals surface area contributed by atoms with Crippen LogP contribution in [-0.4, -0.2) is 30.9 Å². The third-order valence-corrected chi connectivity index (χ3v) is 4.76. The zero-order chi connectivity index (χ0) is 18.5. The number of ketones is 1. The largest absolute Gasteiger partial charge is 0.466 e. The van der Waals surface area contributed by atoms with Gasteiger partial charge < -0.3 is 9.47 Å². The van der Waals surface area contributed by atoms with Crippen molar-refractivity contribution in [1.29, 1.82) is 0 Å². The number of hydrogen-bond donors (Lipinski definition) is 0. The van der Waals surface area contributed by atoms with E-state index in [1.165, 1.54) is 0 Å². The number of ether oxygens (including phenoxy) is 2. The van der Waals surface area contributed by atoms with E-state index in [4.69, 9.17) is 9.47 Å². The highest BCUT2D eigenvalue weighted by molar-refractivity contribution is 6.02. The quantitative estimate of drug-likeness (QED) is 0.240. The van der Waals surface area contributed by atoms with Crippen molar-refractivity contribution in [2.75, 3.05) is 13.2 Å². The van der Waals surface area contributed by atoms with Crippen LogP contribution in [0.2, 0.25) is 0 Å². The lowest BCUT2D eigenvalue weighted by Gasteiger charge is -2.20. The normalized spacial score (nSPS) is 16.7. The molecule has 1 unspecified atom stereocenters. The van der Waals surface area contributed by atoms with Crippen LogP contribution in [0.4, 0.5) is 0 Å². The molecule has 1 aliphatic carbocycles. The fourth-order valence-electron chi connectivity index (χ4n) is 3.12. The number of hydrogen-bond acceptors (Lipinski definition) is 5. The summed E-state index contributed by atoms with van der Waals surface area (Å²) in [6.07, 6.45) is 9.09. The molecule has 0 aromatic rings. The molecule has 0 amide bonds. The number of rotatable bonds is 11. The molecule has 0 aromatic carbocycles. The molecule has 1 fully saturated rings. The summed E-state index contributed by atoms with van der Waals surface area (Å²) in [4.78, 5) is 37.3. The highest BCUT2D eigenvalue weighted by Crippen LogP contribution is 2.27. The van der Waals surface area contributed by atoms with Crippen molar-refractivity contribution in [2.45, 2.75) is 84.5 Å². The molecule has 0 spiro atoms. The molecule has 0 radical (unpaired) electrons. The van der Waals surface area contributed by atoms with Crippen molar-refractivity contribution in [3.63, 3.8) is 0 Å². The van der Waals surface area contributed by atoms with Crippen LogP contribution in [0.5, 0.6) is 0 Å². The Morgan fingerprint density at radius 1 is 0.880 bits per heavy atom. The fourth-order valence-corrected chi connectivity index (χ4v) is 3.12. The van der Waals surface area contributed by atoms with E-state index in [0.29, 0.717) is 13.2 Å². The lowest BCUT2D eigenvalue weighted by Crippen LogP contribution is -2.34. The minimum atomic E-state index is -1.01. The molecular weight excluding hydrogens is 320 g/mol. The summed E-state index contributed by atoms with van der Waals surface area (Å²) in [7, 11) is 0. The monoisotopic (exact) mass is 354 g/mol. The third kappa shape index (κ3) is 8.50. The molecule has 0 aliphatic heterocycles.